The average molecular weight is 288 g/mol. The van der Waals surface area contributed by atoms with Gasteiger partial charge < -0.3 is 16.0 Å². The van der Waals surface area contributed by atoms with Gasteiger partial charge in [0.05, 0.1) is 10.7 Å². The standard InChI is InChI=1S/C12H15Cl2N3O/c13-8-3-4-10(14)11(6-8)17-12(18)16-9-2-1-5-15-7-9/h3-4,6,9,15H,1-2,5,7H2,(H2,16,17,18)/t9-/m1/s1. The zero-order valence-corrected chi connectivity index (χ0v) is 11.3. The lowest BCUT2D eigenvalue weighted by atomic mass is 10.1. The van der Waals surface area contributed by atoms with Crippen LogP contribution >= 0.6 is 23.2 Å². The molecule has 18 heavy (non-hydrogen) atoms. The summed E-state index contributed by atoms with van der Waals surface area (Å²) >= 11 is 11.8. The maximum absolute atomic E-state index is 11.8. The lowest BCUT2D eigenvalue weighted by Crippen LogP contribution is -2.47. The Kier molecular flexibility index (Phi) is 4.69. The van der Waals surface area contributed by atoms with Gasteiger partial charge in [0, 0.05) is 17.6 Å². The van der Waals surface area contributed by atoms with E-state index in [4.69, 9.17) is 23.2 Å². The minimum Gasteiger partial charge on any atom is -0.334 e. The van der Waals surface area contributed by atoms with E-state index in [0.717, 1.165) is 25.9 Å². The summed E-state index contributed by atoms with van der Waals surface area (Å²) in [6.07, 6.45) is 2.06. The first-order valence-electron chi connectivity index (χ1n) is 5.88. The molecule has 3 N–H and O–H groups in total. The third-order valence-electron chi connectivity index (χ3n) is 2.81. The highest BCUT2D eigenvalue weighted by molar-refractivity contribution is 6.35. The number of carbonyl (C=O) groups is 1. The third kappa shape index (κ3) is 3.77. The van der Waals surface area contributed by atoms with Crippen LogP contribution in [0.25, 0.3) is 0 Å². The predicted molar refractivity (Wildman–Crippen MR) is 74.5 cm³/mol. The smallest absolute Gasteiger partial charge is 0.319 e. The number of halogens is 2. The number of hydrogen-bond acceptors (Lipinski definition) is 2. The fourth-order valence-corrected chi connectivity index (χ4v) is 2.25. The van der Waals surface area contributed by atoms with Gasteiger partial charge in [-0.2, -0.15) is 0 Å². The van der Waals surface area contributed by atoms with E-state index in [1.54, 1.807) is 18.2 Å². The molecule has 1 heterocycles. The molecule has 0 aliphatic carbocycles. The van der Waals surface area contributed by atoms with Crippen molar-refractivity contribution in [1.29, 1.82) is 0 Å². The second kappa shape index (κ2) is 6.27. The van der Waals surface area contributed by atoms with Gasteiger partial charge in [0.15, 0.2) is 0 Å². The van der Waals surface area contributed by atoms with Crippen LogP contribution in [0.2, 0.25) is 10.0 Å². The molecule has 1 aliphatic rings. The van der Waals surface area contributed by atoms with Crippen LogP contribution in [0.4, 0.5) is 10.5 Å². The van der Waals surface area contributed by atoms with Gasteiger partial charge in [-0.3, -0.25) is 0 Å². The molecule has 0 aromatic heterocycles. The molecule has 1 fully saturated rings. The predicted octanol–water partition coefficient (Wildman–Crippen LogP) is 2.87. The van der Waals surface area contributed by atoms with E-state index in [0.29, 0.717) is 15.7 Å². The van der Waals surface area contributed by atoms with Crippen LogP contribution in [0.1, 0.15) is 12.8 Å². The number of benzene rings is 1. The molecule has 0 radical (unpaired) electrons. The molecule has 2 rings (SSSR count). The highest BCUT2D eigenvalue weighted by Gasteiger charge is 2.15. The third-order valence-corrected chi connectivity index (χ3v) is 3.37. The lowest BCUT2D eigenvalue weighted by Gasteiger charge is -2.24. The Bertz CT molecular complexity index is 433. The summed E-state index contributed by atoms with van der Waals surface area (Å²) < 4.78 is 0. The van der Waals surface area contributed by atoms with Gasteiger partial charge in [0.25, 0.3) is 0 Å². The van der Waals surface area contributed by atoms with E-state index < -0.39 is 0 Å². The number of urea groups is 1. The van der Waals surface area contributed by atoms with Crippen molar-refractivity contribution in [3.63, 3.8) is 0 Å². The number of amides is 2. The molecule has 1 atom stereocenters. The van der Waals surface area contributed by atoms with Gasteiger partial charge >= 0.3 is 6.03 Å². The summed E-state index contributed by atoms with van der Waals surface area (Å²) in [5.74, 6) is 0. The highest BCUT2D eigenvalue weighted by atomic mass is 35.5. The fraction of sp³-hybridized carbons (Fsp3) is 0.417. The SMILES string of the molecule is O=C(Nc1cc(Cl)ccc1Cl)N[C@@H]1CCCNC1. The van der Waals surface area contributed by atoms with E-state index in [2.05, 4.69) is 16.0 Å². The molecule has 4 nitrogen and oxygen atoms in total. The number of anilines is 1. The van der Waals surface area contributed by atoms with Gasteiger partial charge in [-0.1, -0.05) is 23.2 Å². The Labute approximate surface area is 116 Å². The first-order valence-corrected chi connectivity index (χ1v) is 6.64. The van der Waals surface area contributed by atoms with Crippen molar-refractivity contribution in [2.75, 3.05) is 18.4 Å². The van der Waals surface area contributed by atoms with E-state index in [1.165, 1.54) is 0 Å². The Hall–Kier alpha value is -0.970. The Morgan fingerprint density at radius 3 is 2.94 bits per heavy atom. The van der Waals surface area contributed by atoms with Crippen LogP contribution in [-0.4, -0.2) is 25.2 Å². The van der Waals surface area contributed by atoms with Crippen LogP contribution in [0.15, 0.2) is 18.2 Å². The zero-order valence-electron chi connectivity index (χ0n) is 9.80. The van der Waals surface area contributed by atoms with Gasteiger partial charge in [0.2, 0.25) is 0 Å². The van der Waals surface area contributed by atoms with E-state index in [1.807, 2.05) is 0 Å². The summed E-state index contributed by atoms with van der Waals surface area (Å²) in [6, 6.07) is 4.87. The summed E-state index contributed by atoms with van der Waals surface area (Å²) in [5.41, 5.74) is 0.519. The van der Waals surface area contributed by atoms with Crippen LogP contribution in [0, 0.1) is 0 Å². The van der Waals surface area contributed by atoms with Gasteiger partial charge in [-0.25, -0.2) is 4.79 Å². The van der Waals surface area contributed by atoms with E-state index >= 15 is 0 Å². The van der Waals surface area contributed by atoms with Crippen LogP contribution in [-0.2, 0) is 0 Å². The fourth-order valence-electron chi connectivity index (χ4n) is 1.91. The van der Waals surface area contributed by atoms with Crippen LogP contribution < -0.4 is 16.0 Å². The van der Waals surface area contributed by atoms with Crippen LogP contribution in [0.5, 0.6) is 0 Å². The summed E-state index contributed by atoms with van der Waals surface area (Å²) in [7, 11) is 0. The second-order valence-electron chi connectivity index (χ2n) is 4.27. The van der Waals surface area contributed by atoms with Gasteiger partial charge in [-0.15, -0.1) is 0 Å². The maximum Gasteiger partial charge on any atom is 0.319 e. The quantitative estimate of drug-likeness (QED) is 0.783. The number of piperidine rings is 1. The monoisotopic (exact) mass is 287 g/mol. The maximum atomic E-state index is 11.8. The molecule has 1 aromatic rings. The normalized spacial score (nSPS) is 19.3. The number of rotatable bonds is 2. The Morgan fingerprint density at radius 1 is 1.39 bits per heavy atom. The average Bonchev–Trinajstić information content (AvgIpc) is 2.35. The highest BCUT2D eigenvalue weighted by Crippen LogP contribution is 2.25. The molecular weight excluding hydrogens is 273 g/mol. The van der Waals surface area contributed by atoms with Gasteiger partial charge in [-0.05, 0) is 37.6 Å². The molecule has 6 heteroatoms. The number of hydrogen-bond donors (Lipinski definition) is 3. The number of carbonyl (C=O) groups excluding carboxylic acids is 1. The number of nitrogens with one attached hydrogen (secondary N) is 3. The van der Waals surface area contributed by atoms with Crippen molar-refractivity contribution in [3.8, 4) is 0 Å². The topological polar surface area (TPSA) is 53.2 Å². The Morgan fingerprint density at radius 2 is 2.22 bits per heavy atom. The minimum absolute atomic E-state index is 0.164. The second-order valence-corrected chi connectivity index (χ2v) is 5.11. The first kappa shape index (κ1) is 13.5. The van der Waals surface area contributed by atoms with Crippen molar-refractivity contribution in [1.82, 2.24) is 10.6 Å². The van der Waals surface area contributed by atoms with Crippen molar-refractivity contribution < 1.29 is 4.79 Å². The summed E-state index contributed by atoms with van der Waals surface area (Å²) in [6.45, 7) is 1.82. The molecule has 1 aromatic carbocycles. The molecule has 2 amide bonds. The molecule has 0 saturated carbocycles. The van der Waals surface area contributed by atoms with E-state index in [-0.39, 0.29) is 12.1 Å². The Balaban J connectivity index is 1.92. The lowest BCUT2D eigenvalue weighted by molar-refractivity contribution is 0.245. The molecular formula is C12H15Cl2N3O. The molecule has 0 spiro atoms. The van der Waals surface area contributed by atoms with Crippen LogP contribution in [0.3, 0.4) is 0 Å². The minimum atomic E-state index is -0.257. The van der Waals surface area contributed by atoms with E-state index in [9.17, 15) is 4.79 Å². The summed E-state index contributed by atoms with van der Waals surface area (Å²) in [5, 5.41) is 9.84. The molecule has 0 unspecified atom stereocenters. The van der Waals surface area contributed by atoms with Crippen molar-refractivity contribution >= 4 is 34.9 Å². The summed E-state index contributed by atoms with van der Waals surface area (Å²) in [4.78, 5) is 11.8. The largest absolute Gasteiger partial charge is 0.334 e. The zero-order chi connectivity index (χ0) is 13.0. The molecule has 1 aliphatic heterocycles. The van der Waals surface area contributed by atoms with Crippen molar-refractivity contribution in [3.05, 3.63) is 28.2 Å². The van der Waals surface area contributed by atoms with Crippen molar-refractivity contribution in [2.45, 2.75) is 18.9 Å². The first-order chi connectivity index (χ1) is 8.65. The van der Waals surface area contributed by atoms with Gasteiger partial charge in [0.1, 0.15) is 0 Å². The van der Waals surface area contributed by atoms with Crippen molar-refractivity contribution in [2.24, 2.45) is 0 Å². The molecule has 98 valence electrons. The molecule has 1 saturated heterocycles. The molecule has 0 bridgehead atoms.